The molecule has 0 aliphatic rings. The van der Waals surface area contributed by atoms with Gasteiger partial charge < -0.3 is 9.53 Å². The molecule has 0 aromatic heterocycles. The van der Waals surface area contributed by atoms with E-state index in [4.69, 9.17) is 4.43 Å². The molecule has 2 nitrogen and oxygen atoms in total. The van der Waals surface area contributed by atoms with E-state index >= 15 is 0 Å². The van der Waals surface area contributed by atoms with Crippen molar-refractivity contribution in [2.45, 2.75) is 206 Å². The van der Waals surface area contributed by atoms with E-state index in [1.807, 2.05) is 0 Å². The summed E-state index contributed by atoms with van der Waals surface area (Å²) in [6, 6.07) is 0. The van der Waals surface area contributed by atoms with E-state index in [1.54, 1.807) is 0 Å². The molecule has 0 amide bonds. The maximum Gasteiger partial charge on any atom is 0.192 e. The van der Waals surface area contributed by atoms with Crippen LogP contribution in [0.3, 0.4) is 0 Å². The maximum absolute atomic E-state index is 10.2. The number of hydrogen-bond acceptors (Lipinski definition) is 2. The third-order valence-electron chi connectivity index (χ3n) is 8.51. The first-order valence-corrected chi connectivity index (χ1v) is 19.6. The molecule has 1 unspecified atom stereocenters. The van der Waals surface area contributed by atoms with Gasteiger partial charge in [-0.2, -0.15) is 0 Å². The van der Waals surface area contributed by atoms with Crippen LogP contribution in [0.1, 0.15) is 176 Å². The van der Waals surface area contributed by atoms with Crippen molar-refractivity contribution in [3.05, 3.63) is 12.2 Å². The van der Waals surface area contributed by atoms with Crippen molar-refractivity contribution >= 4 is 8.32 Å². The number of allylic oxidation sites excluding steroid dienone is 1. The van der Waals surface area contributed by atoms with Crippen LogP contribution in [0.4, 0.5) is 0 Å². The molecule has 0 rings (SSSR count). The summed E-state index contributed by atoms with van der Waals surface area (Å²) in [5.41, 5.74) is 0. The largest absolute Gasteiger partial charge is 0.414 e. The topological polar surface area (TPSA) is 29.5 Å². The van der Waals surface area contributed by atoms with Crippen LogP contribution >= 0.6 is 0 Å². The van der Waals surface area contributed by atoms with Gasteiger partial charge >= 0.3 is 0 Å². The summed E-state index contributed by atoms with van der Waals surface area (Å²) in [6.07, 6.45) is 33.1. The van der Waals surface area contributed by atoms with Gasteiger partial charge in [0.1, 0.15) is 0 Å². The first-order valence-electron chi connectivity index (χ1n) is 16.6. The molecule has 0 heterocycles. The molecule has 0 aromatic carbocycles. The monoisotopic (exact) mass is 539 g/mol. The molecular formula is C34H70O2Si. The summed E-state index contributed by atoms with van der Waals surface area (Å²) in [5.74, 6) is 0. The zero-order valence-corrected chi connectivity index (χ0v) is 27.7. The fourth-order valence-corrected chi connectivity index (χ4v) is 6.21. The molecule has 0 aliphatic carbocycles. The van der Waals surface area contributed by atoms with E-state index in [0.29, 0.717) is 6.10 Å². The lowest BCUT2D eigenvalue weighted by molar-refractivity contribution is 0.147. The number of aliphatic hydroxyl groups is 1. The number of aliphatic hydroxyl groups excluding tert-OH is 1. The molecule has 0 fully saturated rings. The molecule has 37 heavy (non-hydrogen) atoms. The smallest absolute Gasteiger partial charge is 0.192 e. The lowest BCUT2D eigenvalue weighted by atomic mass is 10.0. The lowest BCUT2D eigenvalue weighted by Gasteiger charge is -2.39. The zero-order chi connectivity index (χ0) is 27.8. The Morgan fingerprint density at radius 1 is 0.622 bits per heavy atom. The van der Waals surface area contributed by atoms with E-state index in [-0.39, 0.29) is 11.1 Å². The Hall–Kier alpha value is -0.123. The number of rotatable bonds is 26. The molecule has 0 spiro atoms. The normalized spacial score (nSPS) is 14.5. The van der Waals surface area contributed by atoms with E-state index in [1.165, 1.54) is 122 Å². The Bertz CT molecular complexity index is 508. The van der Waals surface area contributed by atoms with Crippen LogP contribution in [-0.4, -0.2) is 25.6 Å². The van der Waals surface area contributed by atoms with Crippen molar-refractivity contribution in [2.75, 3.05) is 0 Å². The maximum atomic E-state index is 10.2. The molecule has 3 heteroatoms. The van der Waals surface area contributed by atoms with E-state index in [9.17, 15) is 5.11 Å². The van der Waals surface area contributed by atoms with Gasteiger partial charge in [-0.3, -0.25) is 0 Å². The first kappa shape index (κ1) is 36.9. The van der Waals surface area contributed by atoms with Crippen molar-refractivity contribution in [3.8, 4) is 0 Å². The standard InChI is InChI=1S/C34H70O2Si/c1-8-10-12-14-15-18-21-24-28-32(35)29-25-22-19-16-17-20-23-27-31-33(30-26-13-11-9-2)36-37(6,7)34(3,4)5/h23,27,32-33,35H,8-22,24-26,28-31H2,1-7H3/t32?,33-/m1/s1. The molecule has 222 valence electrons. The summed E-state index contributed by atoms with van der Waals surface area (Å²) in [7, 11) is -1.71. The van der Waals surface area contributed by atoms with Gasteiger partial charge in [0.05, 0.1) is 6.10 Å². The summed E-state index contributed by atoms with van der Waals surface area (Å²) < 4.78 is 6.80. The minimum atomic E-state index is -1.71. The number of unbranched alkanes of at least 4 members (excludes halogenated alkanes) is 15. The van der Waals surface area contributed by atoms with Gasteiger partial charge in [0.15, 0.2) is 8.32 Å². The second-order valence-corrected chi connectivity index (χ2v) is 18.1. The van der Waals surface area contributed by atoms with Gasteiger partial charge in [0, 0.05) is 6.10 Å². The van der Waals surface area contributed by atoms with Gasteiger partial charge in [-0.05, 0) is 56.7 Å². The van der Waals surface area contributed by atoms with E-state index in [2.05, 4.69) is 59.9 Å². The van der Waals surface area contributed by atoms with Gasteiger partial charge in [0.2, 0.25) is 0 Å². The van der Waals surface area contributed by atoms with Gasteiger partial charge in [0.25, 0.3) is 0 Å². The summed E-state index contributed by atoms with van der Waals surface area (Å²) in [4.78, 5) is 0. The average Bonchev–Trinajstić information content (AvgIpc) is 2.83. The quantitative estimate of drug-likeness (QED) is 0.0674. The predicted octanol–water partition coefficient (Wildman–Crippen LogP) is 11.9. The molecule has 0 bridgehead atoms. The molecule has 0 saturated carbocycles. The van der Waals surface area contributed by atoms with Crippen molar-refractivity contribution in [1.29, 1.82) is 0 Å². The highest BCUT2D eigenvalue weighted by atomic mass is 28.4. The van der Waals surface area contributed by atoms with Crippen LogP contribution in [0, 0.1) is 0 Å². The molecule has 0 aliphatic heterocycles. The van der Waals surface area contributed by atoms with Crippen LogP contribution in [0.2, 0.25) is 18.1 Å². The Morgan fingerprint density at radius 3 is 1.57 bits per heavy atom. The highest BCUT2D eigenvalue weighted by molar-refractivity contribution is 6.74. The summed E-state index contributed by atoms with van der Waals surface area (Å²) in [6.45, 7) is 16.4. The fraction of sp³-hybridized carbons (Fsp3) is 0.941. The molecule has 0 aromatic rings. The van der Waals surface area contributed by atoms with Gasteiger partial charge in [-0.1, -0.05) is 150 Å². The Kier molecular flexibility index (Phi) is 23.7. The molecule has 0 saturated heterocycles. The van der Waals surface area contributed by atoms with Crippen LogP contribution in [0.25, 0.3) is 0 Å². The van der Waals surface area contributed by atoms with Crippen LogP contribution in [0.5, 0.6) is 0 Å². The van der Waals surface area contributed by atoms with Crippen LogP contribution < -0.4 is 0 Å². The highest BCUT2D eigenvalue weighted by Crippen LogP contribution is 2.38. The van der Waals surface area contributed by atoms with Gasteiger partial charge in [-0.25, -0.2) is 0 Å². The second-order valence-electron chi connectivity index (χ2n) is 13.3. The number of hydrogen-bond donors (Lipinski definition) is 1. The third-order valence-corrected chi connectivity index (χ3v) is 13.0. The summed E-state index contributed by atoms with van der Waals surface area (Å²) >= 11 is 0. The fourth-order valence-electron chi connectivity index (χ4n) is 4.81. The molecule has 2 atom stereocenters. The van der Waals surface area contributed by atoms with Crippen LogP contribution in [0.15, 0.2) is 12.2 Å². The van der Waals surface area contributed by atoms with Crippen molar-refractivity contribution in [3.63, 3.8) is 0 Å². The molecule has 0 radical (unpaired) electrons. The Balaban J connectivity index is 3.88. The minimum Gasteiger partial charge on any atom is -0.414 e. The minimum absolute atomic E-state index is 0.0634. The SMILES string of the molecule is CCCCCCCCCCC(O)CCCCCCCC=CC[C@@H](CCCCCC)O[Si](C)(C)C(C)(C)C. The lowest BCUT2D eigenvalue weighted by Crippen LogP contribution is -2.43. The molecular weight excluding hydrogens is 468 g/mol. The average molecular weight is 539 g/mol. The molecule has 1 N–H and O–H groups in total. The van der Waals surface area contributed by atoms with E-state index in [0.717, 1.165) is 19.3 Å². The highest BCUT2D eigenvalue weighted by Gasteiger charge is 2.38. The Morgan fingerprint density at radius 2 is 1.05 bits per heavy atom. The zero-order valence-electron chi connectivity index (χ0n) is 26.7. The van der Waals surface area contributed by atoms with Crippen molar-refractivity contribution < 1.29 is 9.53 Å². The van der Waals surface area contributed by atoms with Crippen LogP contribution in [-0.2, 0) is 4.43 Å². The Labute approximate surface area is 236 Å². The van der Waals surface area contributed by atoms with Crippen molar-refractivity contribution in [2.24, 2.45) is 0 Å². The van der Waals surface area contributed by atoms with Gasteiger partial charge in [-0.15, -0.1) is 0 Å². The van der Waals surface area contributed by atoms with E-state index < -0.39 is 8.32 Å². The second kappa shape index (κ2) is 23.7. The predicted molar refractivity (Wildman–Crippen MR) is 170 cm³/mol. The summed E-state index contributed by atoms with van der Waals surface area (Å²) in [5, 5.41) is 10.5. The first-order chi connectivity index (χ1) is 17.6. The van der Waals surface area contributed by atoms with Crippen molar-refractivity contribution in [1.82, 2.24) is 0 Å². The third kappa shape index (κ3) is 22.4.